The number of aromatic amines is 1. The minimum absolute atomic E-state index is 0.0462. The molecule has 1 spiro atoms. The summed E-state index contributed by atoms with van der Waals surface area (Å²) in [5, 5.41) is 14.6. The fraction of sp³-hybridized carbons (Fsp3) is 0.381. The highest BCUT2D eigenvalue weighted by Crippen LogP contribution is 2.48. The zero-order chi connectivity index (χ0) is 21.8. The van der Waals surface area contributed by atoms with Crippen molar-refractivity contribution >= 4 is 57.3 Å². The molecule has 31 heavy (non-hydrogen) atoms. The maximum absolute atomic E-state index is 13.2. The summed E-state index contributed by atoms with van der Waals surface area (Å²) >= 11 is 13.3. The van der Waals surface area contributed by atoms with Crippen LogP contribution >= 0.6 is 34.5 Å². The van der Waals surface area contributed by atoms with E-state index in [4.69, 9.17) is 23.2 Å². The number of hydrogen-bond donors (Lipinski definition) is 3. The first-order valence-corrected chi connectivity index (χ1v) is 11.5. The first-order chi connectivity index (χ1) is 14.8. The number of nitrogens with one attached hydrogen (secondary N) is 2. The molecule has 10 heteroatoms. The minimum atomic E-state index is -0.757. The molecule has 3 N–H and O–H groups in total. The van der Waals surface area contributed by atoms with Crippen LogP contribution in [0, 0.1) is 5.41 Å². The fourth-order valence-corrected chi connectivity index (χ4v) is 5.74. The van der Waals surface area contributed by atoms with Gasteiger partial charge in [-0.1, -0.05) is 23.2 Å². The molecule has 0 bridgehead atoms. The van der Waals surface area contributed by atoms with E-state index in [-0.39, 0.29) is 29.8 Å². The van der Waals surface area contributed by atoms with E-state index in [9.17, 15) is 14.7 Å². The van der Waals surface area contributed by atoms with Crippen molar-refractivity contribution in [3.8, 4) is 0 Å². The number of H-pyrrole nitrogens is 1. The Labute approximate surface area is 192 Å². The van der Waals surface area contributed by atoms with Crippen LogP contribution in [0.15, 0.2) is 30.5 Å². The molecule has 2 fully saturated rings. The number of amides is 2. The van der Waals surface area contributed by atoms with Crippen LogP contribution in [-0.4, -0.2) is 57.0 Å². The molecule has 2 aliphatic rings. The predicted octanol–water partition coefficient (Wildman–Crippen LogP) is 3.26. The topological polar surface area (TPSA) is 98.3 Å². The van der Waals surface area contributed by atoms with Crippen LogP contribution in [0.4, 0.5) is 0 Å². The molecule has 5 rings (SSSR count). The highest BCUT2D eigenvalue weighted by molar-refractivity contribution is 7.15. The lowest BCUT2D eigenvalue weighted by Crippen LogP contribution is -2.67. The van der Waals surface area contributed by atoms with E-state index in [2.05, 4.69) is 15.3 Å². The summed E-state index contributed by atoms with van der Waals surface area (Å²) in [5.74, 6) is -0.520. The number of halogens is 2. The molecule has 1 aromatic carbocycles. The molecule has 1 saturated heterocycles. The smallest absolute Gasteiger partial charge is 0.268 e. The molecule has 1 atom stereocenters. The van der Waals surface area contributed by atoms with E-state index >= 15 is 0 Å². The van der Waals surface area contributed by atoms with Gasteiger partial charge in [0.25, 0.3) is 5.91 Å². The summed E-state index contributed by atoms with van der Waals surface area (Å²) < 4.78 is 0.534. The first kappa shape index (κ1) is 20.8. The van der Waals surface area contributed by atoms with Gasteiger partial charge in [-0.05, 0) is 37.1 Å². The molecule has 3 heterocycles. The van der Waals surface area contributed by atoms with Crippen LogP contribution in [0.1, 0.15) is 28.3 Å². The molecule has 1 saturated carbocycles. The van der Waals surface area contributed by atoms with Crippen LogP contribution < -0.4 is 5.32 Å². The van der Waals surface area contributed by atoms with Gasteiger partial charge in [0.1, 0.15) is 16.1 Å². The van der Waals surface area contributed by atoms with Gasteiger partial charge in [0, 0.05) is 40.9 Å². The maximum Gasteiger partial charge on any atom is 0.268 e. The summed E-state index contributed by atoms with van der Waals surface area (Å²) in [5.41, 5.74) is 1.19. The van der Waals surface area contributed by atoms with Crippen molar-refractivity contribution in [1.82, 2.24) is 20.2 Å². The van der Waals surface area contributed by atoms with Gasteiger partial charge in [-0.15, -0.1) is 11.3 Å². The van der Waals surface area contributed by atoms with E-state index in [1.54, 1.807) is 35.4 Å². The molecule has 7 nitrogen and oxygen atoms in total. The number of nitrogens with zero attached hydrogens (tertiary/aromatic N) is 2. The Bertz CT molecular complexity index is 1160. The summed E-state index contributed by atoms with van der Waals surface area (Å²) in [6.07, 6.45) is 3.00. The van der Waals surface area contributed by atoms with E-state index < -0.39 is 6.04 Å². The SMILES string of the molecule is O=C(NC(Cc1ncc(Cl)s1)C(=O)N1CC2(CC(O)C2)C1)c1cc2cc(Cl)ccc2[nH]1. The molecular weight excluding hydrogens is 459 g/mol. The average molecular weight is 479 g/mol. The quantitative estimate of drug-likeness (QED) is 0.523. The molecule has 2 amide bonds. The molecule has 2 aromatic heterocycles. The average Bonchev–Trinajstić information content (AvgIpc) is 3.27. The van der Waals surface area contributed by atoms with Crippen molar-refractivity contribution < 1.29 is 14.7 Å². The van der Waals surface area contributed by atoms with Crippen molar-refractivity contribution in [3.63, 3.8) is 0 Å². The second kappa shape index (κ2) is 7.78. The molecule has 3 aromatic rings. The second-order valence-electron chi connectivity index (χ2n) is 8.46. The highest BCUT2D eigenvalue weighted by Gasteiger charge is 2.54. The number of aromatic nitrogens is 2. The van der Waals surface area contributed by atoms with E-state index in [0.717, 1.165) is 23.7 Å². The minimum Gasteiger partial charge on any atom is -0.393 e. The normalized spacial score (nSPS) is 18.6. The molecule has 1 unspecified atom stereocenters. The van der Waals surface area contributed by atoms with Crippen LogP contribution in [0.2, 0.25) is 9.36 Å². The predicted molar refractivity (Wildman–Crippen MR) is 120 cm³/mol. The number of benzene rings is 1. The molecular formula is C21H20Cl2N4O3S. The zero-order valence-electron chi connectivity index (χ0n) is 16.4. The first-order valence-electron chi connectivity index (χ1n) is 9.96. The monoisotopic (exact) mass is 478 g/mol. The van der Waals surface area contributed by atoms with Crippen molar-refractivity contribution in [2.24, 2.45) is 5.41 Å². The third kappa shape index (κ3) is 4.05. The Morgan fingerprint density at radius 3 is 2.77 bits per heavy atom. The Morgan fingerprint density at radius 1 is 1.32 bits per heavy atom. The standard InChI is InChI=1S/C21H20Cl2N4O3S/c22-12-1-2-14-11(3-12)4-15(25-14)19(29)26-16(5-18-24-8-17(23)31-18)20(30)27-9-21(10-27)6-13(28)7-21/h1-4,8,13,16,25,28H,5-7,9-10H2,(H,26,29). The van der Waals surface area contributed by atoms with Gasteiger partial charge in [0.2, 0.25) is 5.91 Å². The molecule has 1 aliphatic heterocycles. The molecule has 0 radical (unpaired) electrons. The van der Waals surface area contributed by atoms with Crippen LogP contribution in [0.3, 0.4) is 0 Å². The lowest BCUT2D eigenvalue weighted by molar-refractivity contribution is -0.164. The summed E-state index contributed by atoms with van der Waals surface area (Å²) in [6, 6.07) is 6.29. The van der Waals surface area contributed by atoms with E-state index in [1.165, 1.54) is 11.3 Å². The van der Waals surface area contributed by atoms with Gasteiger partial charge in [0.05, 0.1) is 17.3 Å². The van der Waals surface area contributed by atoms with Crippen molar-refractivity contribution in [2.75, 3.05) is 13.1 Å². The van der Waals surface area contributed by atoms with E-state index in [0.29, 0.717) is 33.2 Å². The number of carbonyl (C=O) groups excluding carboxylic acids is 2. The number of likely N-dealkylation sites (tertiary alicyclic amines) is 1. The van der Waals surface area contributed by atoms with Gasteiger partial charge in [0.15, 0.2) is 0 Å². The summed E-state index contributed by atoms with van der Waals surface area (Å²) in [7, 11) is 0. The summed E-state index contributed by atoms with van der Waals surface area (Å²) in [4.78, 5) is 35.2. The Kier molecular flexibility index (Phi) is 5.21. The lowest BCUT2D eigenvalue weighted by atomic mass is 9.62. The second-order valence-corrected chi connectivity index (χ2v) is 10.6. The largest absolute Gasteiger partial charge is 0.393 e. The summed E-state index contributed by atoms with van der Waals surface area (Å²) in [6.45, 7) is 1.22. The fourth-order valence-electron chi connectivity index (χ4n) is 4.56. The van der Waals surface area contributed by atoms with Crippen LogP contribution in [-0.2, 0) is 11.2 Å². The zero-order valence-corrected chi connectivity index (χ0v) is 18.7. The number of hydrogen-bond acceptors (Lipinski definition) is 5. The van der Waals surface area contributed by atoms with Gasteiger partial charge >= 0.3 is 0 Å². The third-order valence-electron chi connectivity index (χ3n) is 6.04. The number of fused-ring (bicyclic) bond motifs is 1. The Morgan fingerprint density at radius 2 is 2.10 bits per heavy atom. The number of aliphatic hydroxyl groups is 1. The van der Waals surface area contributed by atoms with Crippen molar-refractivity contribution in [1.29, 1.82) is 0 Å². The van der Waals surface area contributed by atoms with Gasteiger partial charge < -0.3 is 20.3 Å². The van der Waals surface area contributed by atoms with Crippen molar-refractivity contribution in [3.05, 3.63) is 50.5 Å². The molecule has 162 valence electrons. The van der Waals surface area contributed by atoms with Crippen molar-refractivity contribution in [2.45, 2.75) is 31.4 Å². The van der Waals surface area contributed by atoms with E-state index in [1.807, 2.05) is 0 Å². The lowest BCUT2D eigenvalue weighted by Gasteiger charge is -2.58. The van der Waals surface area contributed by atoms with Crippen LogP contribution in [0.25, 0.3) is 10.9 Å². The molecule has 1 aliphatic carbocycles. The number of rotatable bonds is 5. The van der Waals surface area contributed by atoms with Gasteiger partial charge in [-0.25, -0.2) is 4.98 Å². The Balaban J connectivity index is 1.33. The van der Waals surface area contributed by atoms with Gasteiger partial charge in [-0.3, -0.25) is 9.59 Å². The number of aliphatic hydroxyl groups excluding tert-OH is 1. The number of carbonyl (C=O) groups is 2. The van der Waals surface area contributed by atoms with Gasteiger partial charge in [-0.2, -0.15) is 0 Å². The highest BCUT2D eigenvalue weighted by atomic mass is 35.5. The number of thiazole rings is 1. The Hall–Kier alpha value is -2.13. The third-order valence-corrected chi connectivity index (χ3v) is 7.41. The maximum atomic E-state index is 13.2. The van der Waals surface area contributed by atoms with Crippen LogP contribution in [0.5, 0.6) is 0 Å².